The second-order valence-corrected chi connectivity index (χ2v) is 5.11. The molecule has 0 spiro atoms. The van der Waals surface area contributed by atoms with E-state index in [1.165, 1.54) is 0 Å². The summed E-state index contributed by atoms with van der Waals surface area (Å²) in [7, 11) is -3.05. The monoisotopic (exact) mass is 232 g/mol. The van der Waals surface area contributed by atoms with Crippen LogP contribution in [0.5, 0.6) is 0 Å². The molecule has 5 nitrogen and oxygen atoms in total. The van der Waals surface area contributed by atoms with Crippen molar-refractivity contribution in [2.24, 2.45) is 0 Å². The molecule has 0 aliphatic rings. The van der Waals surface area contributed by atoms with Gasteiger partial charge in [0.15, 0.2) is 0 Å². The van der Waals surface area contributed by atoms with Crippen LogP contribution in [-0.2, 0) is 16.6 Å². The van der Waals surface area contributed by atoms with E-state index < -0.39 is 10.0 Å². The third kappa shape index (κ3) is 6.27. The summed E-state index contributed by atoms with van der Waals surface area (Å²) >= 11 is 0. The number of hydrogen-bond donors (Lipinski definition) is 2. The van der Waals surface area contributed by atoms with Gasteiger partial charge in [-0.3, -0.25) is 0 Å². The first-order chi connectivity index (χ1) is 7.08. The first kappa shape index (κ1) is 12.2. The molecule has 0 unspecified atom stereocenters. The van der Waals surface area contributed by atoms with E-state index in [2.05, 4.69) is 10.0 Å². The van der Waals surface area contributed by atoms with Crippen LogP contribution in [0.1, 0.15) is 12.2 Å². The van der Waals surface area contributed by atoms with Gasteiger partial charge in [-0.05, 0) is 25.1 Å². The normalized spacial score (nSPS) is 11.8. The second-order valence-electron chi connectivity index (χ2n) is 3.28. The lowest BCUT2D eigenvalue weighted by Gasteiger charge is -2.03. The standard InChI is InChI=1S/C9H16N2O3S/c1-15(12,13)11-6-3-5-10-8-9-4-2-7-14-9/h2,4,7,10-11H,3,5-6,8H2,1H3. The Hall–Kier alpha value is -0.850. The van der Waals surface area contributed by atoms with Crippen molar-refractivity contribution in [3.8, 4) is 0 Å². The van der Waals surface area contributed by atoms with E-state index in [4.69, 9.17) is 4.42 Å². The molecule has 0 aromatic carbocycles. The maximum Gasteiger partial charge on any atom is 0.208 e. The summed E-state index contributed by atoms with van der Waals surface area (Å²) in [5, 5.41) is 3.15. The van der Waals surface area contributed by atoms with Gasteiger partial charge in [0.2, 0.25) is 10.0 Å². The maximum absolute atomic E-state index is 10.7. The minimum Gasteiger partial charge on any atom is -0.468 e. The molecule has 0 aliphatic heterocycles. The molecule has 1 heterocycles. The van der Waals surface area contributed by atoms with Gasteiger partial charge in [0, 0.05) is 6.54 Å². The van der Waals surface area contributed by atoms with Gasteiger partial charge in [-0.25, -0.2) is 13.1 Å². The van der Waals surface area contributed by atoms with Gasteiger partial charge >= 0.3 is 0 Å². The smallest absolute Gasteiger partial charge is 0.208 e. The second kappa shape index (κ2) is 5.89. The quantitative estimate of drug-likeness (QED) is 0.664. The predicted octanol–water partition coefficient (Wildman–Crippen LogP) is 0.309. The van der Waals surface area contributed by atoms with E-state index in [9.17, 15) is 8.42 Å². The predicted molar refractivity (Wildman–Crippen MR) is 57.9 cm³/mol. The molecular weight excluding hydrogens is 216 g/mol. The lowest BCUT2D eigenvalue weighted by Crippen LogP contribution is -2.26. The number of furan rings is 1. The first-order valence-electron chi connectivity index (χ1n) is 4.76. The van der Waals surface area contributed by atoms with E-state index in [0.29, 0.717) is 13.1 Å². The Morgan fingerprint density at radius 3 is 2.80 bits per heavy atom. The zero-order valence-corrected chi connectivity index (χ0v) is 9.51. The highest BCUT2D eigenvalue weighted by Gasteiger charge is 1.98. The molecule has 0 amide bonds. The molecule has 1 aromatic rings. The Morgan fingerprint density at radius 2 is 2.20 bits per heavy atom. The van der Waals surface area contributed by atoms with Gasteiger partial charge in [0.1, 0.15) is 5.76 Å². The lowest BCUT2D eigenvalue weighted by atomic mass is 10.4. The van der Waals surface area contributed by atoms with Crippen LogP contribution < -0.4 is 10.0 Å². The van der Waals surface area contributed by atoms with Gasteiger partial charge in [0.05, 0.1) is 19.1 Å². The Bertz CT molecular complexity index is 359. The van der Waals surface area contributed by atoms with Crippen LogP contribution >= 0.6 is 0 Å². The van der Waals surface area contributed by atoms with Gasteiger partial charge in [0.25, 0.3) is 0 Å². The van der Waals surface area contributed by atoms with Crippen molar-refractivity contribution in [1.29, 1.82) is 0 Å². The van der Waals surface area contributed by atoms with Crippen LogP contribution in [0.15, 0.2) is 22.8 Å². The fraction of sp³-hybridized carbons (Fsp3) is 0.556. The third-order valence-corrected chi connectivity index (χ3v) is 2.50. The maximum atomic E-state index is 10.7. The number of rotatable bonds is 7. The molecule has 6 heteroatoms. The van der Waals surface area contributed by atoms with Crippen molar-refractivity contribution in [2.75, 3.05) is 19.3 Å². The van der Waals surface area contributed by atoms with Crippen molar-refractivity contribution in [1.82, 2.24) is 10.0 Å². The highest BCUT2D eigenvalue weighted by Crippen LogP contribution is 1.97. The molecule has 1 aromatic heterocycles. The van der Waals surface area contributed by atoms with Crippen LogP contribution in [0.3, 0.4) is 0 Å². The minimum absolute atomic E-state index is 0.462. The van der Waals surface area contributed by atoms with Crippen LogP contribution in [0.2, 0.25) is 0 Å². The molecule has 15 heavy (non-hydrogen) atoms. The zero-order chi connectivity index (χ0) is 11.1. The molecule has 0 aliphatic carbocycles. The van der Waals surface area contributed by atoms with E-state index in [0.717, 1.165) is 25.0 Å². The average molecular weight is 232 g/mol. The Kier molecular flexibility index (Phi) is 4.80. The largest absolute Gasteiger partial charge is 0.468 e. The summed E-state index contributed by atoms with van der Waals surface area (Å²) < 4.78 is 29.0. The fourth-order valence-corrected chi connectivity index (χ4v) is 1.61. The molecule has 0 saturated heterocycles. The van der Waals surface area contributed by atoms with Crippen LogP contribution in [0.4, 0.5) is 0 Å². The molecule has 2 N–H and O–H groups in total. The molecule has 0 fully saturated rings. The average Bonchev–Trinajstić information content (AvgIpc) is 2.61. The minimum atomic E-state index is -3.05. The summed E-state index contributed by atoms with van der Waals surface area (Å²) in [5.74, 6) is 0.881. The van der Waals surface area contributed by atoms with Gasteiger partial charge < -0.3 is 9.73 Å². The van der Waals surface area contributed by atoms with Crippen LogP contribution in [0.25, 0.3) is 0 Å². The number of nitrogens with one attached hydrogen (secondary N) is 2. The number of hydrogen-bond acceptors (Lipinski definition) is 4. The Labute approximate surface area is 89.9 Å². The van der Waals surface area contributed by atoms with Crippen molar-refractivity contribution in [3.63, 3.8) is 0 Å². The van der Waals surface area contributed by atoms with E-state index in [1.807, 2.05) is 12.1 Å². The summed E-state index contributed by atoms with van der Waals surface area (Å²) in [6.45, 7) is 1.89. The molecule has 1 rings (SSSR count). The van der Waals surface area contributed by atoms with Gasteiger partial charge in [-0.2, -0.15) is 0 Å². The van der Waals surface area contributed by atoms with Gasteiger partial charge in [-0.1, -0.05) is 0 Å². The molecular formula is C9H16N2O3S. The molecule has 0 radical (unpaired) electrons. The number of sulfonamides is 1. The third-order valence-electron chi connectivity index (χ3n) is 1.77. The highest BCUT2D eigenvalue weighted by molar-refractivity contribution is 7.88. The van der Waals surface area contributed by atoms with E-state index in [1.54, 1.807) is 6.26 Å². The SMILES string of the molecule is CS(=O)(=O)NCCCNCc1ccco1. The summed E-state index contributed by atoms with van der Waals surface area (Å²) in [4.78, 5) is 0. The van der Waals surface area contributed by atoms with Crippen molar-refractivity contribution in [2.45, 2.75) is 13.0 Å². The molecule has 0 atom stereocenters. The summed E-state index contributed by atoms with van der Waals surface area (Å²) in [5.41, 5.74) is 0. The highest BCUT2D eigenvalue weighted by atomic mass is 32.2. The van der Waals surface area contributed by atoms with E-state index >= 15 is 0 Å². The fourth-order valence-electron chi connectivity index (χ4n) is 1.10. The molecule has 0 saturated carbocycles. The Morgan fingerprint density at radius 1 is 1.40 bits per heavy atom. The van der Waals surface area contributed by atoms with Crippen LogP contribution in [-0.4, -0.2) is 27.8 Å². The molecule has 0 bridgehead atoms. The Balaban J connectivity index is 1.99. The lowest BCUT2D eigenvalue weighted by molar-refractivity contribution is 0.480. The first-order valence-corrected chi connectivity index (χ1v) is 6.65. The molecule has 86 valence electrons. The van der Waals surface area contributed by atoms with E-state index in [-0.39, 0.29) is 0 Å². The zero-order valence-electron chi connectivity index (χ0n) is 8.69. The van der Waals surface area contributed by atoms with Crippen LogP contribution in [0, 0.1) is 0 Å². The summed E-state index contributed by atoms with van der Waals surface area (Å²) in [6.07, 6.45) is 3.54. The van der Waals surface area contributed by atoms with Crippen molar-refractivity contribution >= 4 is 10.0 Å². The van der Waals surface area contributed by atoms with Crippen molar-refractivity contribution in [3.05, 3.63) is 24.2 Å². The summed E-state index contributed by atoms with van der Waals surface area (Å²) in [6, 6.07) is 3.73. The topological polar surface area (TPSA) is 71.3 Å². The van der Waals surface area contributed by atoms with Crippen molar-refractivity contribution < 1.29 is 12.8 Å². The van der Waals surface area contributed by atoms with Gasteiger partial charge in [-0.15, -0.1) is 0 Å².